The number of nitro benzene ring substituents is 1. The first-order chi connectivity index (χ1) is 8.50. The molecule has 0 aliphatic rings. The molecule has 0 aromatic heterocycles. The molecule has 0 bridgehead atoms. The lowest BCUT2D eigenvalue weighted by atomic mass is 10.2. The highest BCUT2D eigenvalue weighted by Crippen LogP contribution is 2.21. The summed E-state index contributed by atoms with van der Waals surface area (Å²) in [5, 5.41) is 13.7. The number of ether oxygens (including phenoxy) is 1. The topological polar surface area (TPSA) is 107 Å². The third kappa shape index (κ3) is 4.38. The standard InChI is InChI=1S/C11H15N3O4/c1-8-2-3-9(6-10(8)14(16)17)13-4-5-18-7-11(12)15/h2-3,6,13H,4-5,7H2,1H3,(H2,12,15). The van der Waals surface area contributed by atoms with Crippen molar-refractivity contribution in [3.63, 3.8) is 0 Å². The van der Waals surface area contributed by atoms with Crippen LogP contribution in [0.3, 0.4) is 0 Å². The fourth-order valence-corrected chi connectivity index (χ4v) is 1.36. The van der Waals surface area contributed by atoms with Gasteiger partial charge in [0.15, 0.2) is 0 Å². The van der Waals surface area contributed by atoms with E-state index in [0.717, 1.165) is 0 Å². The molecule has 3 N–H and O–H groups in total. The molecule has 1 aromatic carbocycles. The molecule has 7 nitrogen and oxygen atoms in total. The second-order valence-electron chi connectivity index (χ2n) is 3.70. The molecule has 0 aliphatic carbocycles. The minimum atomic E-state index is -0.527. The van der Waals surface area contributed by atoms with Gasteiger partial charge in [-0.3, -0.25) is 14.9 Å². The summed E-state index contributed by atoms with van der Waals surface area (Å²) in [5.74, 6) is -0.527. The number of amides is 1. The van der Waals surface area contributed by atoms with E-state index >= 15 is 0 Å². The van der Waals surface area contributed by atoms with Crippen molar-refractivity contribution in [1.82, 2.24) is 0 Å². The molecular formula is C11H15N3O4. The van der Waals surface area contributed by atoms with Crippen LogP contribution in [-0.2, 0) is 9.53 Å². The molecule has 7 heteroatoms. The fraction of sp³-hybridized carbons (Fsp3) is 0.364. The second kappa shape index (κ2) is 6.55. The Morgan fingerprint density at radius 1 is 1.56 bits per heavy atom. The number of benzene rings is 1. The van der Waals surface area contributed by atoms with Crippen molar-refractivity contribution in [3.05, 3.63) is 33.9 Å². The second-order valence-corrected chi connectivity index (χ2v) is 3.70. The normalized spacial score (nSPS) is 10.1. The summed E-state index contributed by atoms with van der Waals surface area (Å²) in [4.78, 5) is 20.7. The van der Waals surface area contributed by atoms with Crippen molar-refractivity contribution in [1.29, 1.82) is 0 Å². The Morgan fingerprint density at radius 3 is 2.89 bits per heavy atom. The summed E-state index contributed by atoms with van der Waals surface area (Å²) in [5.41, 5.74) is 6.21. The summed E-state index contributed by atoms with van der Waals surface area (Å²) in [7, 11) is 0. The van der Waals surface area contributed by atoms with Crippen LogP contribution >= 0.6 is 0 Å². The number of nitro groups is 1. The van der Waals surface area contributed by atoms with E-state index in [9.17, 15) is 14.9 Å². The van der Waals surface area contributed by atoms with E-state index in [2.05, 4.69) is 5.32 Å². The Hall–Kier alpha value is -2.15. The van der Waals surface area contributed by atoms with E-state index in [-0.39, 0.29) is 12.3 Å². The SMILES string of the molecule is Cc1ccc(NCCOCC(N)=O)cc1[N+](=O)[O-]. The average Bonchev–Trinajstić information content (AvgIpc) is 2.30. The van der Waals surface area contributed by atoms with E-state index in [1.165, 1.54) is 6.07 Å². The van der Waals surface area contributed by atoms with Crippen LogP contribution in [0.4, 0.5) is 11.4 Å². The first-order valence-electron chi connectivity index (χ1n) is 5.35. The Labute approximate surface area is 104 Å². The lowest BCUT2D eigenvalue weighted by molar-refractivity contribution is -0.385. The first-order valence-corrected chi connectivity index (χ1v) is 5.35. The fourth-order valence-electron chi connectivity index (χ4n) is 1.36. The number of nitrogens with one attached hydrogen (secondary N) is 1. The lowest BCUT2D eigenvalue weighted by Crippen LogP contribution is -2.20. The number of carbonyl (C=O) groups is 1. The van der Waals surface area contributed by atoms with Crippen LogP contribution in [0.5, 0.6) is 0 Å². The van der Waals surface area contributed by atoms with Crippen LogP contribution < -0.4 is 11.1 Å². The predicted octanol–water partition coefficient (Wildman–Crippen LogP) is 0.817. The molecule has 1 rings (SSSR count). The number of aryl methyl sites for hydroxylation is 1. The largest absolute Gasteiger partial charge is 0.383 e. The van der Waals surface area contributed by atoms with Crippen LogP contribution in [0.25, 0.3) is 0 Å². The maximum absolute atomic E-state index is 10.7. The molecule has 0 fully saturated rings. The van der Waals surface area contributed by atoms with Crippen LogP contribution in [0.15, 0.2) is 18.2 Å². The zero-order valence-electron chi connectivity index (χ0n) is 10.0. The number of hydrogen-bond acceptors (Lipinski definition) is 5. The molecule has 0 spiro atoms. The van der Waals surface area contributed by atoms with Gasteiger partial charge >= 0.3 is 0 Å². The third-order valence-corrected chi connectivity index (χ3v) is 2.23. The molecule has 0 aliphatic heterocycles. The van der Waals surface area contributed by atoms with Gasteiger partial charge in [-0.15, -0.1) is 0 Å². The molecule has 98 valence electrons. The van der Waals surface area contributed by atoms with Crippen LogP contribution in [-0.4, -0.2) is 30.6 Å². The van der Waals surface area contributed by atoms with Gasteiger partial charge in [-0.25, -0.2) is 0 Å². The van der Waals surface area contributed by atoms with Gasteiger partial charge < -0.3 is 15.8 Å². The third-order valence-electron chi connectivity index (χ3n) is 2.23. The van der Waals surface area contributed by atoms with Gasteiger partial charge in [0.1, 0.15) is 6.61 Å². The number of carbonyl (C=O) groups excluding carboxylic acids is 1. The highest BCUT2D eigenvalue weighted by atomic mass is 16.6. The van der Waals surface area contributed by atoms with Gasteiger partial charge in [-0.05, 0) is 13.0 Å². The van der Waals surface area contributed by atoms with Crippen LogP contribution in [0.1, 0.15) is 5.56 Å². The maximum atomic E-state index is 10.7. The van der Waals surface area contributed by atoms with E-state index in [4.69, 9.17) is 10.5 Å². The van der Waals surface area contributed by atoms with Crippen molar-refractivity contribution in [2.75, 3.05) is 25.1 Å². The molecule has 0 unspecified atom stereocenters. The van der Waals surface area contributed by atoms with Crippen molar-refractivity contribution in [3.8, 4) is 0 Å². The van der Waals surface area contributed by atoms with Crippen molar-refractivity contribution in [2.45, 2.75) is 6.92 Å². The number of nitrogens with zero attached hydrogens (tertiary/aromatic N) is 1. The minimum absolute atomic E-state index is 0.0676. The first kappa shape index (κ1) is 13.9. The zero-order valence-corrected chi connectivity index (χ0v) is 10.0. The molecule has 0 heterocycles. The lowest BCUT2D eigenvalue weighted by Gasteiger charge is -2.07. The Morgan fingerprint density at radius 2 is 2.28 bits per heavy atom. The van der Waals surface area contributed by atoms with Gasteiger partial charge in [0.2, 0.25) is 5.91 Å². The predicted molar refractivity (Wildman–Crippen MR) is 66.3 cm³/mol. The monoisotopic (exact) mass is 253 g/mol. The van der Waals surface area contributed by atoms with E-state index in [0.29, 0.717) is 24.4 Å². The summed E-state index contributed by atoms with van der Waals surface area (Å²) in [6.07, 6.45) is 0. The summed E-state index contributed by atoms with van der Waals surface area (Å²) >= 11 is 0. The van der Waals surface area contributed by atoms with Crippen molar-refractivity contribution >= 4 is 17.3 Å². The van der Waals surface area contributed by atoms with Gasteiger partial charge in [-0.2, -0.15) is 0 Å². The maximum Gasteiger partial charge on any atom is 0.274 e. The van der Waals surface area contributed by atoms with Gasteiger partial charge in [0, 0.05) is 23.9 Å². The number of anilines is 1. The number of nitrogens with two attached hydrogens (primary N) is 1. The number of rotatable bonds is 7. The Kier molecular flexibility index (Phi) is 5.06. The molecule has 18 heavy (non-hydrogen) atoms. The molecule has 1 amide bonds. The van der Waals surface area contributed by atoms with Gasteiger partial charge in [0.25, 0.3) is 5.69 Å². The highest BCUT2D eigenvalue weighted by Gasteiger charge is 2.10. The van der Waals surface area contributed by atoms with E-state index in [1.54, 1.807) is 19.1 Å². The van der Waals surface area contributed by atoms with Crippen molar-refractivity contribution in [2.24, 2.45) is 5.73 Å². The smallest absolute Gasteiger partial charge is 0.274 e. The van der Waals surface area contributed by atoms with E-state index in [1.807, 2.05) is 0 Å². The van der Waals surface area contributed by atoms with Gasteiger partial charge in [0.05, 0.1) is 11.5 Å². The van der Waals surface area contributed by atoms with Gasteiger partial charge in [-0.1, -0.05) is 6.07 Å². The number of hydrogen-bond donors (Lipinski definition) is 2. The van der Waals surface area contributed by atoms with Crippen LogP contribution in [0.2, 0.25) is 0 Å². The molecule has 0 saturated heterocycles. The highest BCUT2D eigenvalue weighted by molar-refractivity contribution is 5.74. The minimum Gasteiger partial charge on any atom is -0.383 e. The molecule has 0 saturated carbocycles. The zero-order chi connectivity index (χ0) is 13.5. The Bertz CT molecular complexity index is 448. The molecule has 0 atom stereocenters. The molecule has 1 aromatic rings. The van der Waals surface area contributed by atoms with E-state index < -0.39 is 10.8 Å². The van der Waals surface area contributed by atoms with Crippen molar-refractivity contribution < 1.29 is 14.5 Å². The average molecular weight is 253 g/mol. The van der Waals surface area contributed by atoms with Crippen LogP contribution in [0, 0.1) is 17.0 Å². The molecule has 0 radical (unpaired) electrons. The quantitative estimate of drug-likeness (QED) is 0.425. The Balaban J connectivity index is 2.45. The summed E-state index contributed by atoms with van der Waals surface area (Å²) in [6.45, 7) is 2.28. The summed E-state index contributed by atoms with van der Waals surface area (Å²) in [6, 6.07) is 4.88. The molecular weight excluding hydrogens is 238 g/mol. The summed E-state index contributed by atoms with van der Waals surface area (Å²) < 4.78 is 4.95. The number of primary amides is 1.